The Labute approximate surface area is 150 Å². The Morgan fingerprint density at radius 1 is 1.04 bits per heavy atom. The molecule has 0 spiro atoms. The SMILES string of the molecule is O=C(OC(C(=O)N1CCCC1)c1ccccc1)c1c(F)cccc1Cl. The molecule has 1 aliphatic rings. The largest absolute Gasteiger partial charge is 0.444 e. The number of ether oxygens (including phenoxy) is 1. The van der Waals surface area contributed by atoms with Gasteiger partial charge in [0, 0.05) is 18.7 Å². The van der Waals surface area contributed by atoms with Crippen molar-refractivity contribution >= 4 is 23.5 Å². The first-order chi connectivity index (χ1) is 12.1. The summed E-state index contributed by atoms with van der Waals surface area (Å²) in [5.41, 5.74) is 0.180. The van der Waals surface area contributed by atoms with E-state index in [1.807, 2.05) is 0 Å². The van der Waals surface area contributed by atoms with E-state index in [4.69, 9.17) is 16.3 Å². The lowest BCUT2D eigenvalue weighted by Crippen LogP contribution is -2.35. The molecule has 1 fully saturated rings. The first kappa shape index (κ1) is 17.4. The zero-order chi connectivity index (χ0) is 17.8. The Hall–Kier alpha value is -2.40. The number of hydrogen-bond acceptors (Lipinski definition) is 3. The summed E-state index contributed by atoms with van der Waals surface area (Å²) in [6, 6.07) is 12.6. The minimum atomic E-state index is -1.12. The van der Waals surface area contributed by atoms with E-state index in [1.165, 1.54) is 12.1 Å². The normalized spacial score (nSPS) is 15.0. The van der Waals surface area contributed by atoms with Crippen LogP contribution in [0.2, 0.25) is 5.02 Å². The molecular weight excluding hydrogens is 345 g/mol. The zero-order valence-electron chi connectivity index (χ0n) is 13.5. The average molecular weight is 362 g/mol. The summed E-state index contributed by atoms with van der Waals surface area (Å²) in [6.07, 6.45) is 0.711. The monoisotopic (exact) mass is 361 g/mol. The number of hydrogen-bond donors (Lipinski definition) is 0. The Kier molecular flexibility index (Phi) is 5.34. The number of rotatable bonds is 4. The first-order valence-electron chi connectivity index (χ1n) is 8.06. The number of amides is 1. The second-order valence-corrected chi connectivity index (χ2v) is 6.23. The van der Waals surface area contributed by atoms with Crippen LogP contribution in [0.25, 0.3) is 0 Å². The number of benzene rings is 2. The minimum Gasteiger partial charge on any atom is -0.444 e. The van der Waals surface area contributed by atoms with Gasteiger partial charge in [-0.2, -0.15) is 0 Å². The van der Waals surface area contributed by atoms with Gasteiger partial charge in [0.15, 0.2) is 0 Å². The fourth-order valence-electron chi connectivity index (χ4n) is 2.85. The van der Waals surface area contributed by atoms with E-state index in [2.05, 4.69) is 0 Å². The number of carbonyl (C=O) groups is 2. The molecule has 1 aliphatic heterocycles. The maximum Gasteiger partial charge on any atom is 0.343 e. The van der Waals surface area contributed by atoms with Gasteiger partial charge in [-0.1, -0.05) is 48.0 Å². The summed E-state index contributed by atoms with van der Waals surface area (Å²) < 4.78 is 19.4. The summed E-state index contributed by atoms with van der Waals surface area (Å²) in [4.78, 5) is 26.9. The van der Waals surface area contributed by atoms with Crippen LogP contribution in [-0.4, -0.2) is 29.9 Å². The highest BCUT2D eigenvalue weighted by atomic mass is 35.5. The number of carbonyl (C=O) groups excluding carboxylic acids is 2. The van der Waals surface area contributed by atoms with Crippen LogP contribution < -0.4 is 0 Å². The molecule has 130 valence electrons. The molecule has 3 rings (SSSR count). The number of halogens is 2. The molecule has 0 radical (unpaired) electrons. The molecule has 0 saturated carbocycles. The van der Waals surface area contributed by atoms with Gasteiger partial charge in [0.2, 0.25) is 6.10 Å². The van der Waals surface area contributed by atoms with Gasteiger partial charge in [-0.15, -0.1) is 0 Å². The molecule has 2 aromatic carbocycles. The van der Waals surface area contributed by atoms with Crippen LogP contribution in [0.5, 0.6) is 0 Å². The number of likely N-dealkylation sites (tertiary alicyclic amines) is 1. The lowest BCUT2D eigenvalue weighted by atomic mass is 10.1. The maximum absolute atomic E-state index is 14.0. The fourth-order valence-corrected chi connectivity index (χ4v) is 3.09. The molecule has 1 atom stereocenters. The van der Waals surface area contributed by atoms with E-state index < -0.39 is 17.9 Å². The Morgan fingerprint density at radius 2 is 1.72 bits per heavy atom. The van der Waals surface area contributed by atoms with Crippen molar-refractivity contribution < 1.29 is 18.7 Å². The quantitative estimate of drug-likeness (QED) is 0.773. The standard InChI is InChI=1S/C19H17ClFNO3/c20-14-9-6-10-15(21)16(14)19(24)25-17(13-7-2-1-3-8-13)18(23)22-11-4-5-12-22/h1-3,6-10,17H,4-5,11-12H2. The van der Waals surface area contributed by atoms with E-state index in [1.54, 1.807) is 35.2 Å². The van der Waals surface area contributed by atoms with Crippen molar-refractivity contribution in [3.05, 3.63) is 70.5 Å². The molecular formula is C19H17ClFNO3. The smallest absolute Gasteiger partial charge is 0.343 e. The highest BCUT2D eigenvalue weighted by Gasteiger charge is 2.32. The number of esters is 1. The van der Waals surface area contributed by atoms with Gasteiger partial charge in [-0.05, 0) is 25.0 Å². The summed E-state index contributed by atoms with van der Waals surface area (Å²) >= 11 is 5.92. The molecule has 4 nitrogen and oxygen atoms in total. The maximum atomic E-state index is 14.0. The van der Waals surface area contributed by atoms with Gasteiger partial charge in [0.25, 0.3) is 5.91 Å². The van der Waals surface area contributed by atoms with E-state index in [0.717, 1.165) is 18.9 Å². The van der Waals surface area contributed by atoms with Crippen molar-refractivity contribution in [2.45, 2.75) is 18.9 Å². The van der Waals surface area contributed by atoms with Gasteiger partial charge >= 0.3 is 5.97 Å². The van der Waals surface area contributed by atoms with Crippen molar-refractivity contribution in [2.24, 2.45) is 0 Å². The zero-order valence-corrected chi connectivity index (χ0v) is 14.2. The molecule has 1 amide bonds. The van der Waals surface area contributed by atoms with E-state index in [0.29, 0.717) is 18.7 Å². The second-order valence-electron chi connectivity index (χ2n) is 5.83. The van der Waals surface area contributed by atoms with Gasteiger partial charge in [-0.3, -0.25) is 4.79 Å². The van der Waals surface area contributed by atoms with Crippen molar-refractivity contribution in [1.82, 2.24) is 4.90 Å². The third-order valence-corrected chi connectivity index (χ3v) is 4.45. The van der Waals surface area contributed by atoms with E-state index in [9.17, 15) is 14.0 Å². The van der Waals surface area contributed by atoms with Crippen molar-refractivity contribution in [3.8, 4) is 0 Å². The van der Waals surface area contributed by atoms with Gasteiger partial charge in [-0.25, -0.2) is 9.18 Å². The summed E-state index contributed by atoms with van der Waals surface area (Å²) in [6.45, 7) is 1.25. The summed E-state index contributed by atoms with van der Waals surface area (Å²) in [5, 5.41) is -0.0505. The first-order valence-corrected chi connectivity index (χ1v) is 8.44. The molecule has 6 heteroatoms. The molecule has 0 aliphatic carbocycles. The third-order valence-electron chi connectivity index (χ3n) is 4.14. The van der Waals surface area contributed by atoms with Gasteiger partial charge < -0.3 is 9.64 Å². The molecule has 1 saturated heterocycles. The lowest BCUT2D eigenvalue weighted by molar-refractivity contribution is -0.140. The highest BCUT2D eigenvalue weighted by molar-refractivity contribution is 6.33. The topological polar surface area (TPSA) is 46.6 Å². The second kappa shape index (κ2) is 7.66. The van der Waals surface area contributed by atoms with Crippen molar-refractivity contribution in [3.63, 3.8) is 0 Å². The van der Waals surface area contributed by atoms with Crippen molar-refractivity contribution in [1.29, 1.82) is 0 Å². The Morgan fingerprint density at radius 3 is 2.36 bits per heavy atom. The average Bonchev–Trinajstić information content (AvgIpc) is 3.14. The fraction of sp³-hybridized carbons (Fsp3) is 0.263. The molecule has 0 aromatic heterocycles. The van der Waals surface area contributed by atoms with Crippen LogP contribution in [0.1, 0.15) is 34.9 Å². The van der Waals surface area contributed by atoms with Crippen molar-refractivity contribution in [2.75, 3.05) is 13.1 Å². The predicted molar refractivity (Wildman–Crippen MR) is 91.8 cm³/mol. The van der Waals surface area contributed by atoms with Crippen LogP contribution in [0, 0.1) is 5.82 Å². The Balaban J connectivity index is 1.89. The van der Waals surface area contributed by atoms with E-state index in [-0.39, 0.29) is 16.5 Å². The van der Waals surface area contributed by atoms with Gasteiger partial charge in [0.1, 0.15) is 11.4 Å². The van der Waals surface area contributed by atoms with Crippen LogP contribution in [0.4, 0.5) is 4.39 Å². The molecule has 1 unspecified atom stereocenters. The highest BCUT2D eigenvalue weighted by Crippen LogP contribution is 2.27. The minimum absolute atomic E-state index is 0.0505. The van der Waals surface area contributed by atoms with E-state index >= 15 is 0 Å². The van der Waals surface area contributed by atoms with Crippen LogP contribution in [0.3, 0.4) is 0 Å². The molecule has 1 heterocycles. The predicted octanol–water partition coefficient (Wildman–Crippen LogP) is 4.00. The lowest BCUT2D eigenvalue weighted by Gasteiger charge is -2.23. The van der Waals surface area contributed by atoms with Crippen LogP contribution >= 0.6 is 11.6 Å². The molecule has 0 N–H and O–H groups in total. The summed E-state index contributed by atoms with van der Waals surface area (Å²) in [7, 11) is 0. The summed E-state index contributed by atoms with van der Waals surface area (Å²) in [5.74, 6) is -2.04. The van der Waals surface area contributed by atoms with Crippen LogP contribution in [-0.2, 0) is 9.53 Å². The molecule has 2 aromatic rings. The van der Waals surface area contributed by atoms with Gasteiger partial charge in [0.05, 0.1) is 5.02 Å². The number of nitrogens with zero attached hydrogens (tertiary/aromatic N) is 1. The third kappa shape index (κ3) is 3.82. The molecule has 0 bridgehead atoms. The Bertz CT molecular complexity index is 755. The molecule has 25 heavy (non-hydrogen) atoms. The van der Waals surface area contributed by atoms with Crippen LogP contribution in [0.15, 0.2) is 48.5 Å².